The maximum Gasteiger partial charge on any atom is 0.213 e. The molecule has 5 rings (SSSR count). The maximum absolute atomic E-state index is 6.12. The van der Waals surface area contributed by atoms with E-state index >= 15 is 0 Å². The number of anilines is 1. The zero-order valence-corrected chi connectivity index (χ0v) is 16.9. The molecule has 4 aromatic rings. The van der Waals surface area contributed by atoms with Crippen LogP contribution < -0.4 is 14.2 Å². The number of pyridine rings is 1. The van der Waals surface area contributed by atoms with Crippen LogP contribution in [0, 0.1) is 6.92 Å². The van der Waals surface area contributed by atoms with Crippen molar-refractivity contribution in [2.45, 2.75) is 6.92 Å². The standard InChI is InChI=1S/C26H23N2O/c1-18-11-13-21-20(15-16-27(2)23(21)17-18)8-6-10-25-28(3)26-22-9-5-4-7-19(22)12-14-24(26)29-25/h4-17H,1-3H3/q+1. The minimum atomic E-state index is 0.828. The molecule has 0 atom stereocenters. The molecule has 0 saturated heterocycles. The molecule has 0 unspecified atom stereocenters. The van der Waals surface area contributed by atoms with Gasteiger partial charge in [-0.15, -0.1) is 0 Å². The van der Waals surface area contributed by atoms with E-state index < -0.39 is 0 Å². The molecule has 3 nitrogen and oxygen atoms in total. The largest absolute Gasteiger partial charge is 0.439 e. The zero-order valence-electron chi connectivity index (χ0n) is 16.9. The molecule has 3 aromatic carbocycles. The van der Waals surface area contributed by atoms with Gasteiger partial charge in [-0.05, 0) is 41.6 Å². The summed E-state index contributed by atoms with van der Waals surface area (Å²) in [6.45, 7) is 2.13. The molecule has 2 heterocycles. The van der Waals surface area contributed by atoms with Crippen LogP contribution in [0.15, 0.2) is 84.9 Å². The third kappa shape index (κ3) is 2.95. The SMILES string of the molecule is Cc1ccc2c(/C=C/C=C3\Oc4ccc5ccccc5c4N3C)cc[n+](C)c2c1. The summed E-state index contributed by atoms with van der Waals surface area (Å²) in [5.74, 6) is 1.73. The van der Waals surface area contributed by atoms with E-state index in [4.69, 9.17) is 4.74 Å². The quantitative estimate of drug-likeness (QED) is 0.427. The number of fused-ring (bicyclic) bond motifs is 4. The summed E-state index contributed by atoms with van der Waals surface area (Å²) in [5.41, 5.74) is 4.81. The number of aryl methyl sites for hydroxylation is 2. The first-order valence-corrected chi connectivity index (χ1v) is 9.82. The number of aromatic nitrogens is 1. The van der Waals surface area contributed by atoms with Crippen LogP contribution in [-0.2, 0) is 7.05 Å². The molecular formula is C26H23N2O+. The lowest BCUT2D eigenvalue weighted by Gasteiger charge is -2.12. The fourth-order valence-corrected chi connectivity index (χ4v) is 4.02. The normalized spacial score (nSPS) is 14.9. The number of hydrogen-bond acceptors (Lipinski definition) is 2. The minimum absolute atomic E-state index is 0.828. The van der Waals surface area contributed by atoms with Gasteiger partial charge < -0.3 is 9.64 Å². The van der Waals surface area contributed by atoms with Gasteiger partial charge in [0.2, 0.25) is 5.52 Å². The van der Waals surface area contributed by atoms with E-state index in [2.05, 4.69) is 103 Å². The smallest absolute Gasteiger partial charge is 0.213 e. The highest BCUT2D eigenvalue weighted by atomic mass is 16.5. The summed E-state index contributed by atoms with van der Waals surface area (Å²) >= 11 is 0. The summed E-state index contributed by atoms with van der Waals surface area (Å²) in [6.07, 6.45) is 8.34. The van der Waals surface area contributed by atoms with Gasteiger partial charge in [0.25, 0.3) is 0 Å². The first kappa shape index (κ1) is 17.5. The van der Waals surface area contributed by atoms with Crippen LogP contribution in [0.1, 0.15) is 11.1 Å². The topological polar surface area (TPSA) is 16.4 Å². The Bertz CT molecular complexity index is 1320. The van der Waals surface area contributed by atoms with Crippen molar-refractivity contribution in [2.24, 2.45) is 7.05 Å². The molecule has 29 heavy (non-hydrogen) atoms. The van der Waals surface area contributed by atoms with Crippen molar-refractivity contribution in [1.29, 1.82) is 0 Å². The Morgan fingerprint density at radius 1 is 0.966 bits per heavy atom. The van der Waals surface area contributed by atoms with E-state index in [1.165, 1.54) is 32.8 Å². The molecule has 0 saturated carbocycles. The lowest BCUT2D eigenvalue weighted by Crippen LogP contribution is -2.28. The fourth-order valence-electron chi connectivity index (χ4n) is 4.02. The second-order valence-electron chi connectivity index (χ2n) is 7.56. The second kappa shape index (κ2) is 6.78. The Morgan fingerprint density at radius 2 is 1.83 bits per heavy atom. The molecule has 1 aromatic heterocycles. The summed E-state index contributed by atoms with van der Waals surface area (Å²) in [4.78, 5) is 2.12. The van der Waals surface area contributed by atoms with Crippen molar-refractivity contribution in [2.75, 3.05) is 11.9 Å². The average Bonchev–Trinajstić information content (AvgIpc) is 3.06. The van der Waals surface area contributed by atoms with Gasteiger partial charge in [-0.25, -0.2) is 4.57 Å². The Balaban J connectivity index is 1.50. The van der Waals surface area contributed by atoms with Crippen LogP contribution in [0.25, 0.3) is 27.8 Å². The van der Waals surface area contributed by atoms with Gasteiger partial charge in [0.15, 0.2) is 17.8 Å². The number of benzene rings is 3. The Labute approximate surface area is 170 Å². The predicted octanol–water partition coefficient (Wildman–Crippen LogP) is 5.51. The van der Waals surface area contributed by atoms with Gasteiger partial charge in [-0.1, -0.05) is 48.6 Å². The van der Waals surface area contributed by atoms with E-state index in [9.17, 15) is 0 Å². The molecule has 0 spiro atoms. The average molecular weight is 379 g/mol. The highest BCUT2D eigenvalue weighted by Gasteiger charge is 2.24. The Morgan fingerprint density at radius 3 is 2.72 bits per heavy atom. The fraction of sp³-hybridized carbons (Fsp3) is 0.115. The van der Waals surface area contributed by atoms with Crippen molar-refractivity contribution in [1.82, 2.24) is 0 Å². The van der Waals surface area contributed by atoms with Crippen LogP contribution in [0.3, 0.4) is 0 Å². The van der Waals surface area contributed by atoms with Crippen molar-refractivity contribution in [3.8, 4) is 5.75 Å². The zero-order chi connectivity index (χ0) is 20.0. The van der Waals surface area contributed by atoms with E-state index in [0.717, 1.165) is 17.3 Å². The maximum atomic E-state index is 6.12. The van der Waals surface area contributed by atoms with Crippen molar-refractivity contribution >= 4 is 33.4 Å². The highest BCUT2D eigenvalue weighted by Crippen LogP contribution is 2.43. The number of allylic oxidation sites excluding steroid dienone is 2. The first-order valence-electron chi connectivity index (χ1n) is 9.82. The summed E-state index contributed by atoms with van der Waals surface area (Å²) in [6, 6.07) is 21.3. The third-order valence-electron chi connectivity index (χ3n) is 5.58. The summed E-state index contributed by atoms with van der Waals surface area (Å²) in [7, 11) is 4.14. The van der Waals surface area contributed by atoms with E-state index in [-0.39, 0.29) is 0 Å². The summed E-state index contributed by atoms with van der Waals surface area (Å²) in [5, 5.41) is 3.67. The van der Waals surface area contributed by atoms with Crippen molar-refractivity contribution in [3.63, 3.8) is 0 Å². The molecule has 0 radical (unpaired) electrons. The number of rotatable bonds is 2. The molecule has 0 fully saturated rings. The monoisotopic (exact) mass is 379 g/mol. The van der Waals surface area contributed by atoms with Gasteiger partial charge in [0, 0.05) is 24.6 Å². The van der Waals surface area contributed by atoms with Gasteiger partial charge in [0.05, 0.1) is 11.1 Å². The van der Waals surface area contributed by atoms with Crippen LogP contribution >= 0.6 is 0 Å². The first-order chi connectivity index (χ1) is 14.1. The molecule has 0 bridgehead atoms. The van der Waals surface area contributed by atoms with Gasteiger partial charge in [-0.3, -0.25) is 0 Å². The number of hydrogen-bond donors (Lipinski definition) is 0. The van der Waals surface area contributed by atoms with E-state index in [1.807, 2.05) is 12.1 Å². The van der Waals surface area contributed by atoms with Crippen LogP contribution in [0.2, 0.25) is 0 Å². The third-order valence-corrected chi connectivity index (χ3v) is 5.58. The van der Waals surface area contributed by atoms with Gasteiger partial charge in [-0.2, -0.15) is 0 Å². The predicted molar refractivity (Wildman–Crippen MR) is 120 cm³/mol. The van der Waals surface area contributed by atoms with Crippen LogP contribution in [-0.4, -0.2) is 7.05 Å². The van der Waals surface area contributed by atoms with E-state index in [0.29, 0.717) is 0 Å². The molecule has 0 amide bonds. The highest BCUT2D eigenvalue weighted by molar-refractivity contribution is 5.99. The molecule has 1 aliphatic rings. The van der Waals surface area contributed by atoms with Gasteiger partial charge in [0.1, 0.15) is 7.05 Å². The molecule has 3 heteroatoms. The minimum Gasteiger partial charge on any atom is -0.439 e. The lowest BCUT2D eigenvalue weighted by atomic mass is 10.1. The Kier molecular flexibility index (Phi) is 4.09. The second-order valence-corrected chi connectivity index (χ2v) is 7.56. The molecule has 0 aliphatic carbocycles. The number of ether oxygens (including phenoxy) is 1. The Hall–Kier alpha value is -3.59. The summed E-state index contributed by atoms with van der Waals surface area (Å²) < 4.78 is 8.28. The lowest BCUT2D eigenvalue weighted by molar-refractivity contribution is -0.644. The van der Waals surface area contributed by atoms with E-state index in [1.54, 1.807) is 0 Å². The van der Waals surface area contributed by atoms with Gasteiger partial charge >= 0.3 is 0 Å². The number of nitrogens with zero attached hydrogens (tertiary/aromatic N) is 2. The van der Waals surface area contributed by atoms with Crippen molar-refractivity contribution in [3.05, 3.63) is 96.0 Å². The van der Waals surface area contributed by atoms with Crippen LogP contribution in [0.4, 0.5) is 5.69 Å². The van der Waals surface area contributed by atoms with Crippen molar-refractivity contribution < 1.29 is 9.30 Å². The molecule has 0 N–H and O–H groups in total. The molecule has 142 valence electrons. The molecule has 1 aliphatic heterocycles. The molecular weight excluding hydrogens is 356 g/mol. The van der Waals surface area contributed by atoms with Crippen LogP contribution in [0.5, 0.6) is 5.75 Å².